The third-order valence-electron chi connectivity index (χ3n) is 4.57. The zero-order valence-electron chi connectivity index (χ0n) is 16.7. The van der Waals surface area contributed by atoms with Crippen LogP contribution in [-0.4, -0.2) is 28.5 Å². The van der Waals surface area contributed by atoms with Gasteiger partial charge in [0.1, 0.15) is 9.71 Å². The Morgan fingerprint density at radius 1 is 1.24 bits per heavy atom. The first-order chi connectivity index (χ1) is 13.8. The summed E-state index contributed by atoms with van der Waals surface area (Å²) in [7, 11) is 0. The van der Waals surface area contributed by atoms with Crippen LogP contribution in [0.5, 0.6) is 0 Å². The number of H-pyrrole nitrogens is 1. The molecule has 0 radical (unpaired) electrons. The molecule has 1 aromatic carbocycles. The average Bonchev–Trinajstić information content (AvgIpc) is 3.01. The van der Waals surface area contributed by atoms with Gasteiger partial charge in [-0.25, -0.2) is 9.78 Å². The van der Waals surface area contributed by atoms with Crippen molar-refractivity contribution in [1.82, 2.24) is 9.97 Å². The van der Waals surface area contributed by atoms with Gasteiger partial charge in [-0.1, -0.05) is 24.3 Å². The van der Waals surface area contributed by atoms with Crippen molar-refractivity contribution >= 4 is 33.5 Å². The van der Waals surface area contributed by atoms with E-state index in [9.17, 15) is 14.4 Å². The van der Waals surface area contributed by atoms with Crippen molar-refractivity contribution in [3.8, 4) is 0 Å². The predicted molar refractivity (Wildman–Crippen MR) is 110 cm³/mol. The van der Waals surface area contributed by atoms with Crippen LogP contribution in [0, 0.1) is 13.8 Å². The lowest BCUT2D eigenvalue weighted by molar-refractivity contribution is -0.148. The number of ether oxygens (including phenoxy) is 2. The summed E-state index contributed by atoms with van der Waals surface area (Å²) in [6.45, 7) is 7.23. The highest BCUT2D eigenvalue weighted by atomic mass is 32.1. The van der Waals surface area contributed by atoms with Gasteiger partial charge in [0, 0.05) is 0 Å². The van der Waals surface area contributed by atoms with Crippen molar-refractivity contribution in [3.05, 3.63) is 62.0 Å². The molecule has 0 amide bonds. The zero-order valence-corrected chi connectivity index (χ0v) is 17.5. The van der Waals surface area contributed by atoms with E-state index < -0.39 is 18.0 Å². The van der Waals surface area contributed by atoms with Crippen molar-refractivity contribution in [2.75, 3.05) is 6.61 Å². The molecule has 0 bridgehead atoms. The van der Waals surface area contributed by atoms with E-state index in [1.54, 1.807) is 20.8 Å². The van der Waals surface area contributed by atoms with Crippen LogP contribution in [0.4, 0.5) is 0 Å². The first kappa shape index (κ1) is 20.7. The highest BCUT2D eigenvalue weighted by Gasteiger charge is 2.22. The number of benzene rings is 1. The number of nitrogens with one attached hydrogen (secondary N) is 1. The molecule has 2 aromatic heterocycles. The summed E-state index contributed by atoms with van der Waals surface area (Å²) in [5, 5.41) is 0.347. The van der Waals surface area contributed by atoms with Crippen LogP contribution < -0.4 is 5.56 Å². The number of aryl methyl sites for hydroxylation is 2. The summed E-state index contributed by atoms with van der Waals surface area (Å²) < 4.78 is 10.5. The number of nitrogens with zero attached hydrogens (tertiary/aromatic N) is 1. The predicted octanol–water partition coefficient (Wildman–Crippen LogP) is 3.63. The van der Waals surface area contributed by atoms with Crippen LogP contribution in [0.25, 0.3) is 10.2 Å². The molecule has 152 valence electrons. The number of fused-ring (bicyclic) bond motifs is 1. The third kappa shape index (κ3) is 4.37. The largest absolute Gasteiger partial charge is 0.462 e. The molecule has 8 heteroatoms. The Bertz CT molecular complexity index is 1130. The number of rotatable bonds is 6. The van der Waals surface area contributed by atoms with E-state index in [1.165, 1.54) is 0 Å². The lowest BCUT2D eigenvalue weighted by atomic mass is 10.1. The minimum atomic E-state index is -0.739. The molecule has 0 saturated heterocycles. The van der Waals surface area contributed by atoms with Crippen molar-refractivity contribution in [2.45, 2.75) is 40.2 Å². The number of carbonyl (C=O) groups excluding carboxylic acids is 2. The summed E-state index contributed by atoms with van der Waals surface area (Å²) in [6.07, 6.45) is -0.605. The van der Waals surface area contributed by atoms with Gasteiger partial charge in [0.2, 0.25) is 0 Å². The molecule has 0 aliphatic rings. The molecule has 29 heavy (non-hydrogen) atoms. The van der Waals surface area contributed by atoms with Crippen LogP contribution in [0.1, 0.15) is 52.1 Å². The van der Waals surface area contributed by atoms with Gasteiger partial charge >= 0.3 is 11.9 Å². The van der Waals surface area contributed by atoms with Gasteiger partial charge in [-0.15, -0.1) is 11.3 Å². The van der Waals surface area contributed by atoms with E-state index in [0.717, 1.165) is 22.5 Å². The Morgan fingerprint density at radius 3 is 2.66 bits per heavy atom. The molecular formula is C21H22N2O5S. The Balaban J connectivity index is 1.84. The fourth-order valence-electron chi connectivity index (χ4n) is 3.00. The Labute approximate surface area is 171 Å². The second kappa shape index (κ2) is 8.57. The fourth-order valence-corrected chi connectivity index (χ4v) is 4.09. The van der Waals surface area contributed by atoms with E-state index in [4.69, 9.17) is 9.47 Å². The van der Waals surface area contributed by atoms with Crippen LogP contribution >= 0.6 is 11.3 Å². The number of carbonyl (C=O) groups is 2. The van der Waals surface area contributed by atoms with Crippen molar-refractivity contribution in [3.63, 3.8) is 0 Å². The summed E-state index contributed by atoms with van der Waals surface area (Å²) in [5.74, 6) is -0.659. The van der Waals surface area contributed by atoms with Gasteiger partial charge in [-0.2, -0.15) is 0 Å². The molecule has 0 saturated carbocycles. The first-order valence-electron chi connectivity index (χ1n) is 9.26. The second-order valence-corrected chi connectivity index (χ2v) is 7.64. The summed E-state index contributed by atoms with van der Waals surface area (Å²) >= 11 is 1.10. The van der Waals surface area contributed by atoms with Crippen LogP contribution in [0.3, 0.4) is 0 Å². The van der Waals surface area contributed by atoms with Crippen molar-refractivity contribution in [2.24, 2.45) is 0 Å². The first-order valence-corrected chi connectivity index (χ1v) is 10.1. The minimum Gasteiger partial charge on any atom is -0.462 e. The number of aromatic amines is 1. The molecule has 0 spiro atoms. The van der Waals surface area contributed by atoms with E-state index in [-0.39, 0.29) is 24.4 Å². The van der Waals surface area contributed by atoms with Crippen LogP contribution in [0.2, 0.25) is 0 Å². The molecular weight excluding hydrogens is 392 g/mol. The Hall–Kier alpha value is -3.00. The van der Waals surface area contributed by atoms with Crippen molar-refractivity contribution < 1.29 is 19.1 Å². The number of aromatic nitrogens is 2. The summed E-state index contributed by atoms with van der Waals surface area (Å²) in [6, 6.07) is 7.58. The highest BCUT2D eigenvalue weighted by Crippen LogP contribution is 2.28. The molecule has 3 rings (SSSR count). The third-order valence-corrected chi connectivity index (χ3v) is 5.73. The maximum absolute atomic E-state index is 12.6. The summed E-state index contributed by atoms with van der Waals surface area (Å²) in [4.78, 5) is 44.8. The SMILES string of the molecule is CCOC(=O)c1sc2nc([C@@H](C)OC(=O)Cc3ccccc3C)[nH]c(=O)c2c1C. The standard InChI is InChI=1S/C21H22N2O5S/c1-5-27-21(26)17-12(3)16-19(25)22-18(23-20(16)29-17)13(4)28-15(24)10-14-9-7-6-8-11(14)2/h6-9,13H,5,10H2,1-4H3,(H,22,23,25)/t13-/m1/s1. The molecule has 0 aliphatic carbocycles. The van der Waals surface area contributed by atoms with Gasteiger partial charge in [-0.05, 0) is 44.4 Å². The molecule has 2 heterocycles. The lowest BCUT2D eigenvalue weighted by Gasteiger charge is -2.13. The summed E-state index contributed by atoms with van der Waals surface area (Å²) in [5.41, 5.74) is 2.05. The topological polar surface area (TPSA) is 98.3 Å². The fraction of sp³-hybridized carbons (Fsp3) is 0.333. The molecule has 1 N–H and O–H groups in total. The number of esters is 2. The second-order valence-electron chi connectivity index (χ2n) is 6.64. The van der Waals surface area contributed by atoms with Gasteiger partial charge in [-0.3, -0.25) is 9.59 Å². The van der Waals surface area contributed by atoms with E-state index >= 15 is 0 Å². The molecule has 1 atom stereocenters. The maximum atomic E-state index is 12.6. The van der Waals surface area contributed by atoms with Crippen LogP contribution in [0.15, 0.2) is 29.1 Å². The number of thiophene rings is 1. The van der Waals surface area contributed by atoms with Gasteiger partial charge in [0.05, 0.1) is 18.4 Å². The molecule has 7 nitrogen and oxygen atoms in total. The van der Waals surface area contributed by atoms with Crippen LogP contribution in [-0.2, 0) is 20.7 Å². The molecule has 3 aromatic rings. The molecule has 0 aliphatic heterocycles. The monoisotopic (exact) mass is 414 g/mol. The van der Waals surface area contributed by atoms with Gasteiger partial charge in [0.25, 0.3) is 5.56 Å². The molecule has 0 fully saturated rings. The van der Waals surface area contributed by atoms with Crippen molar-refractivity contribution in [1.29, 1.82) is 0 Å². The minimum absolute atomic E-state index is 0.134. The normalized spacial score (nSPS) is 12.0. The zero-order chi connectivity index (χ0) is 21.1. The highest BCUT2D eigenvalue weighted by molar-refractivity contribution is 7.20. The van der Waals surface area contributed by atoms with E-state index in [0.29, 0.717) is 20.7 Å². The van der Waals surface area contributed by atoms with Gasteiger partial charge < -0.3 is 14.5 Å². The Morgan fingerprint density at radius 2 is 1.97 bits per heavy atom. The number of hydrogen-bond acceptors (Lipinski definition) is 7. The molecule has 0 unspecified atom stereocenters. The maximum Gasteiger partial charge on any atom is 0.348 e. The average molecular weight is 414 g/mol. The van der Waals surface area contributed by atoms with E-state index in [2.05, 4.69) is 9.97 Å². The Kier molecular flexibility index (Phi) is 6.12. The lowest BCUT2D eigenvalue weighted by Crippen LogP contribution is -2.18. The smallest absolute Gasteiger partial charge is 0.348 e. The quantitative estimate of drug-likeness (QED) is 0.619. The number of hydrogen-bond donors (Lipinski definition) is 1. The van der Waals surface area contributed by atoms with Gasteiger partial charge in [0.15, 0.2) is 11.9 Å². The van der Waals surface area contributed by atoms with E-state index in [1.807, 2.05) is 31.2 Å².